The maximum atomic E-state index is 14.0. The summed E-state index contributed by atoms with van der Waals surface area (Å²) in [6.45, 7) is 2.36. The van der Waals surface area contributed by atoms with E-state index in [4.69, 9.17) is 0 Å². The monoisotopic (exact) mass is 509 g/mol. The van der Waals surface area contributed by atoms with Crippen molar-refractivity contribution in [2.75, 3.05) is 25.5 Å². The molecular formula is C14H13F4N2O8S3-. The summed E-state index contributed by atoms with van der Waals surface area (Å²) in [6, 6.07) is 0. The third kappa shape index (κ3) is 7.76. The molecule has 1 unspecified atom stereocenters. The predicted molar refractivity (Wildman–Crippen MR) is 96.7 cm³/mol. The van der Waals surface area contributed by atoms with Gasteiger partial charge in [-0.2, -0.15) is 0 Å². The minimum atomic E-state index is -5.45. The smallest absolute Gasteiger partial charge is 0.407 e. The number of amides is 1. The van der Waals surface area contributed by atoms with Gasteiger partial charge in [-0.15, -0.1) is 15.9 Å². The molecule has 174 valence electrons. The Morgan fingerprint density at radius 3 is 2.19 bits per heavy atom. The summed E-state index contributed by atoms with van der Waals surface area (Å²) in [5.74, 6) is -9.98. The highest BCUT2D eigenvalue weighted by Crippen LogP contribution is 2.33. The van der Waals surface area contributed by atoms with E-state index >= 15 is 0 Å². The molecule has 0 spiro atoms. The molecule has 2 N–H and O–H groups in total. The van der Waals surface area contributed by atoms with Crippen molar-refractivity contribution in [3.63, 3.8) is 0 Å². The van der Waals surface area contributed by atoms with Crippen LogP contribution >= 0.6 is 11.8 Å². The summed E-state index contributed by atoms with van der Waals surface area (Å²) in [5.41, 5.74) is 0. The molecule has 31 heavy (non-hydrogen) atoms. The maximum Gasteiger partial charge on any atom is 0.407 e. The standard InChI is InChI=1S/C14H14F4N2O8S3/c1-2-7(21)27-4-3-19-14(22)28-5-6-29-12-8(15)10(17)13(11(18)9(12)16)31(25,26)20-30(23)24/h2,20H,1,3-6H2,(H,19,22)(H,23,24)/p-1. The number of carbonyl (C=O) groups is 2. The van der Waals surface area contributed by atoms with E-state index in [-0.39, 0.29) is 24.9 Å². The summed E-state index contributed by atoms with van der Waals surface area (Å²) in [4.78, 5) is 18.7. The van der Waals surface area contributed by atoms with Crippen LogP contribution in [0.15, 0.2) is 22.4 Å². The van der Waals surface area contributed by atoms with Crippen molar-refractivity contribution in [3.05, 3.63) is 35.9 Å². The van der Waals surface area contributed by atoms with Crippen LogP contribution in [0.2, 0.25) is 0 Å². The number of hydrogen-bond donors (Lipinski definition) is 2. The summed E-state index contributed by atoms with van der Waals surface area (Å²) < 4.78 is 110. The SMILES string of the molecule is C=CC(=O)OCCNC(=O)OCCSc1c(F)c(F)c(S(=O)(=O)NS(=O)[O-])c(F)c1F. The van der Waals surface area contributed by atoms with Gasteiger partial charge >= 0.3 is 12.1 Å². The quantitative estimate of drug-likeness (QED) is 0.0842. The number of ether oxygens (including phenoxy) is 2. The largest absolute Gasteiger partial charge is 0.759 e. The first-order chi connectivity index (χ1) is 14.4. The summed E-state index contributed by atoms with van der Waals surface area (Å²) in [6.07, 6.45) is -0.0884. The molecule has 0 aromatic heterocycles. The van der Waals surface area contributed by atoms with Crippen LogP contribution in [0, 0.1) is 23.3 Å². The van der Waals surface area contributed by atoms with Crippen molar-refractivity contribution in [2.24, 2.45) is 0 Å². The fourth-order valence-electron chi connectivity index (χ4n) is 1.78. The molecule has 0 aliphatic carbocycles. The number of carbonyl (C=O) groups excluding carboxylic acids is 2. The average Bonchev–Trinajstić information content (AvgIpc) is 2.67. The fraction of sp³-hybridized carbons (Fsp3) is 0.286. The lowest BCUT2D eigenvalue weighted by Gasteiger charge is -2.13. The predicted octanol–water partition coefficient (Wildman–Crippen LogP) is 0.863. The van der Waals surface area contributed by atoms with Crippen LogP contribution in [0.5, 0.6) is 0 Å². The Morgan fingerprint density at radius 1 is 1.10 bits per heavy atom. The number of alkyl carbamates (subject to hydrolysis) is 1. The first-order valence-electron chi connectivity index (χ1n) is 7.72. The number of sulfonamides is 1. The molecule has 0 aliphatic heterocycles. The molecule has 0 saturated heterocycles. The second kappa shape index (κ2) is 12.0. The van der Waals surface area contributed by atoms with Crippen molar-refractivity contribution >= 4 is 45.1 Å². The van der Waals surface area contributed by atoms with Gasteiger partial charge in [0.25, 0.3) is 10.0 Å². The van der Waals surface area contributed by atoms with E-state index in [2.05, 4.69) is 21.4 Å². The van der Waals surface area contributed by atoms with E-state index < -0.39 is 78.8 Å². The van der Waals surface area contributed by atoms with Crippen LogP contribution in [-0.2, 0) is 35.6 Å². The van der Waals surface area contributed by atoms with E-state index in [1.54, 1.807) is 0 Å². The number of thioether (sulfide) groups is 1. The number of nitrogens with one attached hydrogen (secondary N) is 2. The molecular weight excluding hydrogens is 496 g/mol. The van der Waals surface area contributed by atoms with Crippen LogP contribution in [-0.4, -0.2) is 54.8 Å². The zero-order valence-corrected chi connectivity index (χ0v) is 17.6. The number of rotatable bonds is 11. The minimum Gasteiger partial charge on any atom is -0.759 e. The maximum absolute atomic E-state index is 14.0. The Bertz CT molecular complexity index is 961. The number of esters is 1. The van der Waals surface area contributed by atoms with Gasteiger partial charge in [-0.25, -0.2) is 35.6 Å². The summed E-state index contributed by atoms with van der Waals surface area (Å²) in [7, 11) is -5.45. The zero-order valence-electron chi connectivity index (χ0n) is 15.1. The van der Waals surface area contributed by atoms with Gasteiger partial charge in [0.15, 0.2) is 28.2 Å². The Balaban J connectivity index is 2.73. The van der Waals surface area contributed by atoms with E-state index in [1.165, 1.54) is 0 Å². The molecule has 1 aromatic carbocycles. The van der Waals surface area contributed by atoms with E-state index in [0.29, 0.717) is 0 Å². The lowest BCUT2D eigenvalue weighted by atomic mass is 10.3. The normalized spacial score (nSPS) is 12.2. The third-order valence-electron chi connectivity index (χ3n) is 2.97. The average molecular weight is 509 g/mol. The van der Waals surface area contributed by atoms with Crippen molar-refractivity contribution in [2.45, 2.75) is 9.79 Å². The van der Waals surface area contributed by atoms with Crippen molar-refractivity contribution < 1.29 is 53.8 Å². The van der Waals surface area contributed by atoms with E-state index in [9.17, 15) is 44.3 Å². The molecule has 1 amide bonds. The highest BCUT2D eigenvalue weighted by molar-refractivity contribution is 8.00. The van der Waals surface area contributed by atoms with Crippen LogP contribution in [0.3, 0.4) is 0 Å². The lowest BCUT2D eigenvalue weighted by Crippen LogP contribution is -2.29. The van der Waals surface area contributed by atoms with Gasteiger partial charge < -0.3 is 19.3 Å². The lowest BCUT2D eigenvalue weighted by molar-refractivity contribution is -0.137. The molecule has 0 fully saturated rings. The van der Waals surface area contributed by atoms with Gasteiger partial charge in [-0.05, 0) is 0 Å². The third-order valence-corrected chi connectivity index (χ3v) is 6.31. The molecule has 0 saturated carbocycles. The van der Waals surface area contributed by atoms with Gasteiger partial charge in [0.1, 0.15) is 13.2 Å². The Labute approximate surface area is 179 Å². The van der Waals surface area contributed by atoms with Crippen molar-refractivity contribution in [1.82, 2.24) is 9.44 Å². The van der Waals surface area contributed by atoms with Crippen LogP contribution in [0.4, 0.5) is 22.4 Å². The van der Waals surface area contributed by atoms with Crippen molar-refractivity contribution in [3.8, 4) is 0 Å². The Morgan fingerprint density at radius 2 is 1.68 bits per heavy atom. The summed E-state index contributed by atoms with van der Waals surface area (Å²) in [5, 5.41) is 2.17. The van der Waals surface area contributed by atoms with Gasteiger partial charge in [-0.1, -0.05) is 6.58 Å². The van der Waals surface area contributed by atoms with Gasteiger partial charge in [0.2, 0.25) is 0 Å². The highest BCUT2D eigenvalue weighted by atomic mass is 32.3. The van der Waals surface area contributed by atoms with Crippen molar-refractivity contribution in [1.29, 1.82) is 0 Å². The minimum absolute atomic E-state index is 0.122. The molecule has 10 nitrogen and oxygen atoms in total. The zero-order chi connectivity index (χ0) is 23.8. The molecule has 0 heterocycles. The van der Waals surface area contributed by atoms with Crippen LogP contribution in [0.1, 0.15) is 0 Å². The Kier molecular flexibility index (Phi) is 10.4. The second-order valence-corrected chi connectivity index (χ2v) is 8.67. The number of benzene rings is 1. The molecule has 1 rings (SSSR count). The first-order valence-corrected chi connectivity index (χ1v) is 11.3. The molecule has 0 radical (unpaired) electrons. The van der Waals surface area contributed by atoms with E-state index in [1.807, 2.05) is 0 Å². The van der Waals surface area contributed by atoms with E-state index in [0.717, 1.165) is 10.2 Å². The van der Waals surface area contributed by atoms with Gasteiger partial charge in [0, 0.05) is 23.1 Å². The molecule has 0 aliphatic rings. The molecule has 1 atom stereocenters. The number of hydrogen-bond acceptors (Lipinski definition) is 9. The Hall–Kier alpha value is -2.21. The van der Waals surface area contributed by atoms with Gasteiger partial charge in [-0.3, -0.25) is 4.21 Å². The molecule has 17 heteroatoms. The highest BCUT2D eigenvalue weighted by Gasteiger charge is 2.33. The molecule has 1 aromatic rings. The van der Waals surface area contributed by atoms with Crippen LogP contribution in [0.25, 0.3) is 0 Å². The second-order valence-electron chi connectivity index (χ2n) is 5.02. The first kappa shape index (κ1) is 26.8. The molecule has 0 bridgehead atoms. The van der Waals surface area contributed by atoms with Gasteiger partial charge in [0.05, 0.1) is 11.4 Å². The summed E-state index contributed by atoms with van der Waals surface area (Å²) >= 11 is -3.38. The van der Waals surface area contributed by atoms with Crippen LogP contribution < -0.4 is 9.44 Å². The topological polar surface area (TPSA) is 151 Å². The fourth-order valence-corrected chi connectivity index (χ4v) is 4.28. The number of halogens is 4.